The van der Waals surface area contributed by atoms with Crippen LogP contribution in [-0.2, 0) is 4.74 Å². The fourth-order valence-electron chi connectivity index (χ4n) is 2.81. The molecule has 1 aliphatic heterocycles. The highest BCUT2D eigenvalue weighted by molar-refractivity contribution is 5.78. The molecule has 0 unspecified atom stereocenters. The van der Waals surface area contributed by atoms with Crippen LogP contribution in [0.4, 0.5) is 17.2 Å². The van der Waals surface area contributed by atoms with Gasteiger partial charge in [-0.15, -0.1) is 0 Å². The van der Waals surface area contributed by atoms with E-state index < -0.39 is 0 Å². The summed E-state index contributed by atoms with van der Waals surface area (Å²) >= 11 is 0. The van der Waals surface area contributed by atoms with Gasteiger partial charge in [0.15, 0.2) is 0 Å². The number of rotatable bonds is 3. The molecule has 5 heteroatoms. The van der Waals surface area contributed by atoms with Gasteiger partial charge in [-0.2, -0.15) is 0 Å². The third kappa shape index (κ3) is 2.96. The maximum absolute atomic E-state index is 5.44. The highest BCUT2D eigenvalue weighted by Gasteiger charge is 2.14. The van der Waals surface area contributed by atoms with E-state index in [1.54, 1.807) is 6.20 Å². The molecule has 0 spiro atoms. The lowest BCUT2D eigenvalue weighted by Crippen LogP contribution is -2.36. The van der Waals surface area contributed by atoms with Gasteiger partial charge in [-0.3, -0.25) is 4.98 Å². The summed E-state index contributed by atoms with van der Waals surface area (Å²) in [6.45, 7) is 3.35. The average molecular weight is 306 g/mol. The molecule has 0 bridgehead atoms. The summed E-state index contributed by atoms with van der Waals surface area (Å²) in [5, 5.41) is 3.41. The van der Waals surface area contributed by atoms with Gasteiger partial charge in [-0.25, -0.2) is 4.98 Å². The van der Waals surface area contributed by atoms with E-state index in [4.69, 9.17) is 4.74 Å². The zero-order chi connectivity index (χ0) is 15.5. The van der Waals surface area contributed by atoms with E-state index in [9.17, 15) is 0 Å². The number of anilines is 3. The fourth-order valence-corrected chi connectivity index (χ4v) is 2.81. The van der Waals surface area contributed by atoms with Crippen molar-refractivity contribution >= 4 is 28.2 Å². The molecule has 116 valence electrons. The van der Waals surface area contributed by atoms with Crippen molar-refractivity contribution < 1.29 is 4.74 Å². The van der Waals surface area contributed by atoms with Crippen LogP contribution in [0.2, 0.25) is 0 Å². The van der Waals surface area contributed by atoms with E-state index in [0.29, 0.717) is 0 Å². The van der Waals surface area contributed by atoms with Crippen LogP contribution in [0.1, 0.15) is 0 Å². The maximum atomic E-state index is 5.44. The summed E-state index contributed by atoms with van der Waals surface area (Å²) < 4.78 is 5.44. The van der Waals surface area contributed by atoms with Crippen molar-refractivity contribution in [2.45, 2.75) is 0 Å². The van der Waals surface area contributed by atoms with Crippen molar-refractivity contribution in [1.82, 2.24) is 9.97 Å². The third-order valence-corrected chi connectivity index (χ3v) is 3.97. The number of hydrogen-bond acceptors (Lipinski definition) is 5. The van der Waals surface area contributed by atoms with Crippen molar-refractivity contribution in [3.63, 3.8) is 0 Å². The molecule has 1 N–H and O–H groups in total. The molecule has 5 nitrogen and oxygen atoms in total. The molecular formula is C18H18N4O. The SMILES string of the molecule is c1ccc(N2CCOCC2)c(Nc2cnc3ccccc3n2)c1. The average Bonchev–Trinajstić information content (AvgIpc) is 2.63. The Labute approximate surface area is 134 Å². The van der Waals surface area contributed by atoms with E-state index in [-0.39, 0.29) is 0 Å². The van der Waals surface area contributed by atoms with Crippen LogP contribution in [0.5, 0.6) is 0 Å². The molecule has 0 atom stereocenters. The fraction of sp³-hybridized carbons (Fsp3) is 0.222. The summed E-state index contributed by atoms with van der Waals surface area (Å²) in [6.07, 6.45) is 1.78. The number of nitrogens with one attached hydrogen (secondary N) is 1. The second-order valence-electron chi connectivity index (χ2n) is 5.49. The normalized spacial score (nSPS) is 14.9. The smallest absolute Gasteiger partial charge is 0.149 e. The van der Waals surface area contributed by atoms with Gasteiger partial charge in [0.2, 0.25) is 0 Å². The maximum Gasteiger partial charge on any atom is 0.149 e. The Morgan fingerprint density at radius 2 is 1.65 bits per heavy atom. The molecule has 23 heavy (non-hydrogen) atoms. The zero-order valence-corrected chi connectivity index (χ0v) is 12.8. The van der Waals surface area contributed by atoms with Crippen LogP contribution >= 0.6 is 0 Å². The van der Waals surface area contributed by atoms with E-state index in [1.807, 2.05) is 30.3 Å². The Bertz CT molecular complexity index is 815. The molecule has 0 saturated carbocycles. The first-order valence-corrected chi connectivity index (χ1v) is 7.81. The van der Waals surface area contributed by atoms with Gasteiger partial charge in [-0.1, -0.05) is 24.3 Å². The minimum Gasteiger partial charge on any atom is -0.378 e. The lowest BCUT2D eigenvalue weighted by Gasteiger charge is -2.30. The van der Waals surface area contributed by atoms with Crippen LogP contribution in [0, 0.1) is 0 Å². The van der Waals surface area contributed by atoms with Gasteiger partial charge in [-0.05, 0) is 24.3 Å². The molecule has 0 radical (unpaired) electrons. The Balaban J connectivity index is 1.64. The lowest BCUT2D eigenvalue weighted by molar-refractivity contribution is 0.123. The van der Waals surface area contributed by atoms with Gasteiger partial charge in [0.1, 0.15) is 5.82 Å². The molecule has 1 saturated heterocycles. The Hall–Kier alpha value is -2.66. The number of ether oxygens (including phenoxy) is 1. The first kappa shape index (κ1) is 14.0. The molecule has 1 aliphatic rings. The minimum absolute atomic E-state index is 0.754. The largest absolute Gasteiger partial charge is 0.378 e. The summed E-state index contributed by atoms with van der Waals surface area (Å²) in [5.41, 5.74) is 4.01. The number of nitrogens with zero attached hydrogens (tertiary/aromatic N) is 3. The molecule has 0 amide bonds. The zero-order valence-electron chi connectivity index (χ0n) is 12.8. The summed E-state index contributed by atoms with van der Waals surface area (Å²) in [4.78, 5) is 11.4. The molecular weight excluding hydrogens is 288 g/mol. The monoisotopic (exact) mass is 306 g/mol. The van der Waals surface area contributed by atoms with Crippen LogP contribution in [0.3, 0.4) is 0 Å². The highest BCUT2D eigenvalue weighted by Crippen LogP contribution is 2.28. The third-order valence-electron chi connectivity index (χ3n) is 3.97. The van der Waals surface area contributed by atoms with Gasteiger partial charge in [0.25, 0.3) is 0 Å². The number of hydrogen-bond donors (Lipinski definition) is 1. The topological polar surface area (TPSA) is 50.3 Å². The van der Waals surface area contributed by atoms with Crippen molar-refractivity contribution in [3.05, 3.63) is 54.7 Å². The molecule has 3 aromatic rings. The predicted molar refractivity (Wildman–Crippen MR) is 92.3 cm³/mol. The van der Waals surface area contributed by atoms with Crippen LogP contribution in [-0.4, -0.2) is 36.3 Å². The second-order valence-corrected chi connectivity index (χ2v) is 5.49. The Kier molecular flexibility index (Phi) is 3.78. The molecule has 4 rings (SSSR count). The standard InChI is InChI=1S/C18H18N4O/c1-2-6-15-14(5-1)19-13-18(20-15)21-16-7-3-4-8-17(16)22-9-11-23-12-10-22/h1-8,13H,9-12H2,(H,20,21). The van der Waals surface area contributed by atoms with Crippen molar-refractivity contribution in [2.75, 3.05) is 36.5 Å². The van der Waals surface area contributed by atoms with E-state index >= 15 is 0 Å². The summed E-state index contributed by atoms with van der Waals surface area (Å²) in [5.74, 6) is 0.754. The molecule has 2 heterocycles. The molecule has 0 aliphatic carbocycles. The number of para-hydroxylation sites is 4. The van der Waals surface area contributed by atoms with Crippen LogP contribution < -0.4 is 10.2 Å². The van der Waals surface area contributed by atoms with E-state index in [0.717, 1.165) is 48.8 Å². The summed E-state index contributed by atoms with van der Waals surface area (Å²) in [7, 11) is 0. The highest BCUT2D eigenvalue weighted by atomic mass is 16.5. The van der Waals surface area contributed by atoms with E-state index in [1.165, 1.54) is 5.69 Å². The predicted octanol–water partition coefficient (Wildman–Crippen LogP) is 3.21. The molecule has 1 fully saturated rings. The number of morpholine rings is 1. The number of aromatic nitrogens is 2. The Morgan fingerprint density at radius 3 is 2.52 bits per heavy atom. The van der Waals surface area contributed by atoms with Gasteiger partial charge >= 0.3 is 0 Å². The number of benzene rings is 2. The lowest BCUT2D eigenvalue weighted by atomic mass is 10.2. The minimum atomic E-state index is 0.754. The van der Waals surface area contributed by atoms with Gasteiger partial charge in [0, 0.05) is 13.1 Å². The van der Waals surface area contributed by atoms with Crippen molar-refractivity contribution in [2.24, 2.45) is 0 Å². The van der Waals surface area contributed by atoms with Crippen molar-refractivity contribution in [1.29, 1.82) is 0 Å². The van der Waals surface area contributed by atoms with Crippen molar-refractivity contribution in [3.8, 4) is 0 Å². The van der Waals surface area contributed by atoms with Crippen LogP contribution in [0.25, 0.3) is 11.0 Å². The summed E-state index contributed by atoms with van der Waals surface area (Å²) in [6, 6.07) is 16.2. The first-order valence-electron chi connectivity index (χ1n) is 7.81. The van der Waals surface area contributed by atoms with Gasteiger partial charge in [0.05, 0.1) is 41.8 Å². The van der Waals surface area contributed by atoms with E-state index in [2.05, 4.69) is 38.4 Å². The molecule has 2 aromatic carbocycles. The number of fused-ring (bicyclic) bond motifs is 1. The van der Waals surface area contributed by atoms with Gasteiger partial charge < -0.3 is 15.0 Å². The second kappa shape index (κ2) is 6.22. The molecule has 1 aromatic heterocycles. The quantitative estimate of drug-likeness (QED) is 0.805. The first-order chi connectivity index (χ1) is 11.4. The Morgan fingerprint density at radius 1 is 0.913 bits per heavy atom. The van der Waals surface area contributed by atoms with Crippen LogP contribution in [0.15, 0.2) is 54.7 Å².